The lowest BCUT2D eigenvalue weighted by Crippen LogP contribution is -2.07. The van der Waals surface area contributed by atoms with Crippen molar-refractivity contribution in [2.45, 2.75) is 19.7 Å². The standard InChI is InChI=1S/C15H20N3O8P/c1-4-23-25-27(21,26-24-5-2)15(20)12-8-6-11(7-9-12)10-13(17-18-16)14(19)22-3/h6-10,15,20H,4-5H2,1-3H3. The van der Waals surface area contributed by atoms with Crippen molar-refractivity contribution in [3.8, 4) is 0 Å². The summed E-state index contributed by atoms with van der Waals surface area (Å²) < 4.78 is 26.5. The van der Waals surface area contributed by atoms with E-state index < -0.39 is 19.4 Å². The molecule has 0 aliphatic carbocycles. The average Bonchev–Trinajstić information content (AvgIpc) is 2.69. The first-order valence-electron chi connectivity index (χ1n) is 7.77. The fourth-order valence-corrected chi connectivity index (χ4v) is 2.96. The van der Waals surface area contributed by atoms with Gasteiger partial charge in [-0.2, -0.15) is 0 Å². The summed E-state index contributed by atoms with van der Waals surface area (Å²) in [5, 5.41) is 13.6. The minimum absolute atomic E-state index is 0.0750. The topological polar surface area (TPSA) is 149 Å². The number of ether oxygens (including phenoxy) is 1. The number of carbonyl (C=O) groups is 1. The van der Waals surface area contributed by atoms with Gasteiger partial charge in [0.1, 0.15) is 5.70 Å². The van der Waals surface area contributed by atoms with Crippen LogP contribution in [0, 0.1) is 0 Å². The molecule has 0 saturated carbocycles. The molecule has 1 aromatic carbocycles. The molecule has 1 N–H and O–H groups in total. The molecule has 0 aliphatic rings. The van der Waals surface area contributed by atoms with Gasteiger partial charge < -0.3 is 9.84 Å². The van der Waals surface area contributed by atoms with Gasteiger partial charge in [-0.05, 0) is 36.6 Å². The Morgan fingerprint density at radius 3 is 2.26 bits per heavy atom. The van der Waals surface area contributed by atoms with Crippen molar-refractivity contribution in [2.75, 3.05) is 20.3 Å². The molecule has 1 aromatic rings. The zero-order valence-electron chi connectivity index (χ0n) is 15.0. The van der Waals surface area contributed by atoms with Crippen molar-refractivity contribution in [1.82, 2.24) is 0 Å². The van der Waals surface area contributed by atoms with E-state index in [1.807, 2.05) is 0 Å². The highest BCUT2D eigenvalue weighted by molar-refractivity contribution is 7.53. The van der Waals surface area contributed by atoms with Crippen molar-refractivity contribution < 1.29 is 38.3 Å². The van der Waals surface area contributed by atoms with Crippen LogP contribution < -0.4 is 0 Å². The van der Waals surface area contributed by atoms with E-state index >= 15 is 0 Å². The maximum Gasteiger partial charge on any atom is 0.416 e. The Bertz CT molecular complexity index is 734. The molecule has 0 heterocycles. The highest BCUT2D eigenvalue weighted by atomic mass is 31.2. The minimum atomic E-state index is -4.18. The summed E-state index contributed by atoms with van der Waals surface area (Å²) in [6.07, 6.45) is 1.29. The van der Waals surface area contributed by atoms with Gasteiger partial charge in [0.2, 0.25) is 0 Å². The van der Waals surface area contributed by atoms with Gasteiger partial charge in [0.05, 0.1) is 20.3 Å². The number of hydrogen-bond donors (Lipinski definition) is 1. The lowest BCUT2D eigenvalue weighted by molar-refractivity contribution is -0.268. The summed E-state index contributed by atoms with van der Waals surface area (Å²) in [5.74, 6) is -2.50. The van der Waals surface area contributed by atoms with Crippen LogP contribution in [0.25, 0.3) is 16.5 Å². The summed E-state index contributed by atoms with van der Waals surface area (Å²) in [6.45, 7) is 3.35. The van der Waals surface area contributed by atoms with Gasteiger partial charge in [-0.15, -0.1) is 9.35 Å². The van der Waals surface area contributed by atoms with Gasteiger partial charge in [0.25, 0.3) is 0 Å². The minimum Gasteiger partial charge on any atom is -0.466 e. The molecule has 0 aromatic heterocycles. The largest absolute Gasteiger partial charge is 0.466 e. The first-order valence-corrected chi connectivity index (χ1v) is 9.38. The number of esters is 1. The summed E-state index contributed by atoms with van der Waals surface area (Å²) in [5.41, 5.74) is 8.89. The number of methoxy groups -OCH3 is 1. The highest BCUT2D eigenvalue weighted by Gasteiger charge is 2.39. The zero-order chi connectivity index (χ0) is 20.3. The molecule has 0 aliphatic heterocycles. The van der Waals surface area contributed by atoms with Crippen molar-refractivity contribution in [3.63, 3.8) is 0 Å². The van der Waals surface area contributed by atoms with E-state index in [-0.39, 0.29) is 24.5 Å². The van der Waals surface area contributed by atoms with Gasteiger partial charge in [-0.25, -0.2) is 14.6 Å². The quantitative estimate of drug-likeness (QED) is 0.0863. The second-order valence-corrected chi connectivity index (χ2v) is 6.62. The van der Waals surface area contributed by atoms with Crippen LogP contribution in [-0.2, 0) is 33.2 Å². The van der Waals surface area contributed by atoms with Gasteiger partial charge in [-0.3, -0.25) is 4.57 Å². The number of benzene rings is 1. The Labute approximate surface area is 155 Å². The molecule has 27 heavy (non-hydrogen) atoms. The van der Waals surface area contributed by atoms with Crippen molar-refractivity contribution in [1.29, 1.82) is 0 Å². The van der Waals surface area contributed by atoms with Crippen LogP contribution in [0.15, 0.2) is 35.1 Å². The summed E-state index contributed by atoms with van der Waals surface area (Å²) in [4.78, 5) is 23.4. The molecular weight excluding hydrogens is 381 g/mol. The number of aliphatic hydroxyl groups excluding tert-OH is 1. The Hall–Kier alpha value is -2.23. The fourth-order valence-electron chi connectivity index (χ4n) is 1.73. The number of hydrogen-bond acceptors (Lipinski definition) is 9. The maximum atomic E-state index is 12.6. The highest BCUT2D eigenvalue weighted by Crippen LogP contribution is 2.60. The van der Waals surface area contributed by atoms with Gasteiger partial charge in [0, 0.05) is 4.91 Å². The SMILES string of the molecule is CCOOP(=O)(OOCC)C(O)c1ccc(C=C(N=[N+]=[N-])C(=O)OC)cc1. The monoisotopic (exact) mass is 401 g/mol. The van der Waals surface area contributed by atoms with E-state index in [9.17, 15) is 14.5 Å². The van der Waals surface area contributed by atoms with Crippen molar-refractivity contribution in [3.05, 3.63) is 51.5 Å². The predicted octanol–water partition coefficient (Wildman–Crippen LogP) is 3.63. The van der Waals surface area contributed by atoms with E-state index in [1.54, 1.807) is 13.8 Å². The number of nitrogens with zero attached hydrogens (tertiary/aromatic N) is 3. The smallest absolute Gasteiger partial charge is 0.416 e. The van der Waals surface area contributed by atoms with Crippen LogP contribution >= 0.6 is 7.60 Å². The summed E-state index contributed by atoms with van der Waals surface area (Å²) in [7, 11) is -3.03. The molecule has 0 bridgehead atoms. The van der Waals surface area contributed by atoms with Gasteiger partial charge in [-0.1, -0.05) is 29.4 Å². The third-order valence-corrected chi connectivity index (χ3v) is 4.46. The summed E-state index contributed by atoms with van der Waals surface area (Å²) in [6, 6.07) is 5.80. The van der Waals surface area contributed by atoms with Gasteiger partial charge >= 0.3 is 13.6 Å². The number of azide groups is 1. The molecular formula is C15H20N3O8P. The van der Waals surface area contributed by atoms with E-state index in [1.165, 1.54) is 30.3 Å². The van der Waals surface area contributed by atoms with Crippen molar-refractivity contribution in [2.24, 2.45) is 5.11 Å². The lowest BCUT2D eigenvalue weighted by Gasteiger charge is -2.20. The molecule has 1 unspecified atom stereocenters. The number of aliphatic hydroxyl groups is 1. The Kier molecular flexibility index (Phi) is 9.70. The molecule has 0 amide bonds. The second kappa shape index (κ2) is 11.5. The molecule has 1 rings (SSSR count). The van der Waals surface area contributed by atoms with Crippen LogP contribution in [0.5, 0.6) is 0 Å². The van der Waals surface area contributed by atoms with Crippen LogP contribution in [0.1, 0.15) is 30.8 Å². The summed E-state index contributed by atoms with van der Waals surface area (Å²) >= 11 is 0. The van der Waals surface area contributed by atoms with E-state index in [4.69, 9.17) is 14.9 Å². The van der Waals surface area contributed by atoms with Crippen molar-refractivity contribution >= 4 is 19.6 Å². The van der Waals surface area contributed by atoms with E-state index in [0.717, 1.165) is 7.11 Å². The second-order valence-electron chi connectivity index (χ2n) is 4.75. The first-order chi connectivity index (χ1) is 12.9. The lowest BCUT2D eigenvalue weighted by atomic mass is 10.1. The Morgan fingerprint density at radius 2 is 1.81 bits per heavy atom. The van der Waals surface area contributed by atoms with Crippen LogP contribution in [0.3, 0.4) is 0 Å². The normalized spacial score (nSPS) is 13.0. The Balaban J connectivity index is 3.09. The number of rotatable bonds is 11. The molecule has 11 nitrogen and oxygen atoms in total. The van der Waals surface area contributed by atoms with E-state index in [2.05, 4.69) is 24.5 Å². The zero-order valence-corrected chi connectivity index (χ0v) is 15.9. The third-order valence-electron chi connectivity index (χ3n) is 2.93. The molecule has 0 fully saturated rings. The molecule has 0 saturated heterocycles. The fraction of sp³-hybridized carbons (Fsp3) is 0.400. The molecule has 148 valence electrons. The van der Waals surface area contributed by atoms with Crippen LogP contribution in [0.2, 0.25) is 0 Å². The molecule has 1 atom stereocenters. The third kappa shape index (κ3) is 6.78. The van der Waals surface area contributed by atoms with Crippen LogP contribution in [0.4, 0.5) is 0 Å². The molecule has 12 heteroatoms. The van der Waals surface area contributed by atoms with Gasteiger partial charge in [0.15, 0.2) is 5.85 Å². The maximum absolute atomic E-state index is 12.6. The first kappa shape index (κ1) is 22.8. The average molecular weight is 401 g/mol. The predicted molar refractivity (Wildman–Crippen MR) is 93.6 cm³/mol. The Morgan fingerprint density at radius 1 is 1.26 bits per heavy atom. The number of carbonyl (C=O) groups excluding carboxylic acids is 1. The van der Waals surface area contributed by atoms with Crippen LogP contribution in [-0.4, -0.2) is 31.4 Å². The molecule has 0 spiro atoms. The van der Waals surface area contributed by atoms with E-state index in [0.29, 0.717) is 5.56 Å². The molecule has 0 radical (unpaired) electrons.